The van der Waals surface area contributed by atoms with Crippen LogP contribution < -0.4 is 5.32 Å². The smallest absolute Gasteiger partial charge is 0.325 e. The topological polar surface area (TPSA) is 78.9 Å². The second-order valence-corrected chi connectivity index (χ2v) is 5.87. The van der Waals surface area contributed by atoms with Gasteiger partial charge in [0.1, 0.15) is 5.54 Å². The summed E-state index contributed by atoms with van der Waals surface area (Å²) in [7, 11) is 0. The Hall–Kier alpha value is -2.44. The fourth-order valence-corrected chi connectivity index (χ4v) is 3.07. The molecule has 1 aliphatic rings. The van der Waals surface area contributed by atoms with E-state index >= 15 is 0 Å². The van der Waals surface area contributed by atoms with E-state index in [9.17, 15) is 9.59 Å². The number of ether oxygens (including phenoxy) is 1. The van der Waals surface area contributed by atoms with Gasteiger partial charge >= 0.3 is 6.03 Å². The van der Waals surface area contributed by atoms with E-state index in [1.165, 1.54) is 4.90 Å². The first-order valence-electron chi connectivity index (χ1n) is 7.89. The van der Waals surface area contributed by atoms with Crippen LogP contribution in [0.25, 0.3) is 10.8 Å². The van der Waals surface area contributed by atoms with Crippen molar-refractivity contribution >= 4 is 22.7 Å². The number of benzene rings is 2. The first-order valence-corrected chi connectivity index (χ1v) is 7.89. The van der Waals surface area contributed by atoms with Crippen LogP contribution >= 0.6 is 0 Å². The molecule has 3 rings (SSSR count). The van der Waals surface area contributed by atoms with Crippen molar-refractivity contribution in [3.05, 3.63) is 48.0 Å². The average Bonchev–Trinajstić information content (AvgIpc) is 2.81. The van der Waals surface area contributed by atoms with E-state index in [4.69, 9.17) is 9.84 Å². The lowest BCUT2D eigenvalue weighted by atomic mass is 9.88. The number of hydrogen-bond acceptors (Lipinski definition) is 4. The number of aliphatic hydroxyl groups is 1. The van der Waals surface area contributed by atoms with Gasteiger partial charge in [-0.15, -0.1) is 0 Å². The van der Waals surface area contributed by atoms with Crippen LogP contribution in [0.4, 0.5) is 4.79 Å². The maximum Gasteiger partial charge on any atom is 0.325 e. The highest BCUT2D eigenvalue weighted by molar-refractivity contribution is 6.09. The zero-order valence-corrected chi connectivity index (χ0v) is 13.5. The molecule has 6 nitrogen and oxygen atoms in total. The average molecular weight is 328 g/mol. The Bertz CT molecular complexity index is 771. The van der Waals surface area contributed by atoms with Crippen molar-refractivity contribution in [3.8, 4) is 0 Å². The van der Waals surface area contributed by atoms with Crippen LogP contribution in [0.5, 0.6) is 0 Å². The number of nitrogens with zero attached hydrogens (tertiary/aromatic N) is 1. The molecular formula is C18H20N2O4. The first-order chi connectivity index (χ1) is 11.6. The summed E-state index contributed by atoms with van der Waals surface area (Å²) in [5.41, 5.74) is -0.327. The molecule has 1 unspecified atom stereocenters. The molecule has 2 N–H and O–H groups in total. The summed E-state index contributed by atoms with van der Waals surface area (Å²) < 4.78 is 5.16. The second kappa shape index (κ2) is 6.59. The summed E-state index contributed by atoms with van der Waals surface area (Å²) >= 11 is 0. The van der Waals surface area contributed by atoms with Crippen molar-refractivity contribution in [2.75, 3.05) is 26.4 Å². The van der Waals surface area contributed by atoms with Crippen LogP contribution in [0, 0.1) is 0 Å². The van der Waals surface area contributed by atoms with Crippen molar-refractivity contribution in [2.45, 2.75) is 12.5 Å². The lowest BCUT2D eigenvalue weighted by Crippen LogP contribution is -2.41. The summed E-state index contributed by atoms with van der Waals surface area (Å²) in [5, 5.41) is 13.5. The van der Waals surface area contributed by atoms with Gasteiger partial charge in [0.15, 0.2) is 0 Å². The van der Waals surface area contributed by atoms with Crippen molar-refractivity contribution in [2.24, 2.45) is 0 Å². The molecule has 0 spiro atoms. The number of urea groups is 1. The third-order valence-electron chi connectivity index (χ3n) is 4.30. The van der Waals surface area contributed by atoms with E-state index in [0.717, 1.165) is 16.3 Å². The molecule has 2 aromatic carbocycles. The zero-order valence-electron chi connectivity index (χ0n) is 13.5. The Kier molecular flexibility index (Phi) is 4.51. The van der Waals surface area contributed by atoms with Crippen LogP contribution in [0.1, 0.15) is 12.5 Å². The molecule has 0 radical (unpaired) electrons. The van der Waals surface area contributed by atoms with E-state index in [0.29, 0.717) is 0 Å². The highest BCUT2D eigenvalue weighted by Gasteiger charge is 2.49. The van der Waals surface area contributed by atoms with Gasteiger partial charge in [0.2, 0.25) is 0 Å². The molecule has 1 atom stereocenters. The van der Waals surface area contributed by atoms with Crippen LogP contribution in [-0.2, 0) is 15.1 Å². The maximum atomic E-state index is 12.9. The number of carbonyl (C=O) groups is 2. The molecule has 24 heavy (non-hydrogen) atoms. The Morgan fingerprint density at radius 2 is 1.88 bits per heavy atom. The predicted molar refractivity (Wildman–Crippen MR) is 89.4 cm³/mol. The molecule has 0 aliphatic carbocycles. The maximum absolute atomic E-state index is 12.9. The number of carbonyl (C=O) groups excluding carboxylic acids is 2. The van der Waals surface area contributed by atoms with Gasteiger partial charge in [0, 0.05) is 0 Å². The highest BCUT2D eigenvalue weighted by atomic mass is 16.5. The van der Waals surface area contributed by atoms with Gasteiger partial charge in [-0.1, -0.05) is 42.5 Å². The minimum Gasteiger partial charge on any atom is -0.394 e. The van der Waals surface area contributed by atoms with Gasteiger partial charge in [-0.25, -0.2) is 4.79 Å². The molecule has 3 amide bonds. The van der Waals surface area contributed by atoms with Crippen LogP contribution in [0.2, 0.25) is 0 Å². The lowest BCUT2D eigenvalue weighted by molar-refractivity contribution is -0.131. The normalized spacial score (nSPS) is 20.7. The Morgan fingerprint density at radius 3 is 2.67 bits per heavy atom. The van der Waals surface area contributed by atoms with Gasteiger partial charge in [-0.3, -0.25) is 9.69 Å². The number of amides is 3. The van der Waals surface area contributed by atoms with Crippen LogP contribution in [0.15, 0.2) is 42.5 Å². The summed E-state index contributed by atoms with van der Waals surface area (Å²) in [4.78, 5) is 26.3. The highest BCUT2D eigenvalue weighted by Crippen LogP contribution is 2.33. The molecule has 1 saturated heterocycles. The number of imide groups is 1. The fraction of sp³-hybridized carbons (Fsp3) is 0.333. The van der Waals surface area contributed by atoms with Crippen molar-refractivity contribution in [3.63, 3.8) is 0 Å². The molecule has 0 aromatic heterocycles. The van der Waals surface area contributed by atoms with Gasteiger partial charge in [0.25, 0.3) is 5.91 Å². The molecular weight excluding hydrogens is 308 g/mol. The second-order valence-electron chi connectivity index (χ2n) is 5.87. The number of fused-ring (bicyclic) bond motifs is 1. The largest absolute Gasteiger partial charge is 0.394 e. The van der Waals surface area contributed by atoms with Gasteiger partial charge in [-0.05, 0) is 23.3 Å². The third-order valence-corrected chi connectivity index (χ3v) is 4.30. The number of rotatable bonds is 6. The van der Waals surface area contributed by atoms with E-state index in [-0.39, 0.29) is 32.3 Å². The minimum atomic E-state index is -1.10. The SMILES string of the molecule is CC1(c2cccc3ccccc23)NC(=O)N(CCOCCO)C1=O. The molecule has 1 aliphatic heterocycles. The summed E-state index contributed by atoms with van der Waals surface area (Å²) in [6.45, 7) is 2.18. The van der Waals surface area contributed by atoms with Crippen molar-refractivity contribution in [1.82, 2.24) is 10.2 Å². The van der Waals surface area contributed by atoms with Crippen molar-refractivity contribution in [1.29, 1.82) is 0 Å². The van der Waals surface area contributed by atoms with E-state index in [1.54, 1.807) is 6.92 Å². The third kappa shape index (κ3) is 2.74. The van der Waals surface area contributed by atoms with Crippen molar-refractivity contribution < 1.29 is 19.4 Å². The molecule has 1 heterocycles. The molecule has 0 saturated carbocycles. The summed E-state index contributed by atoms with van der Waals surface area (Å²) in [6, 6.07) is 13.1. The number of aliphatic hydroxyl groups excluding tert-OH is 1. The molecule has 1 fully saturated rings. The van der Waals surface area contributed by atoms with Gasteiger partial charge in [-0.2, -0.15) is 0 Å². The zero-order chi connectivity index (χ0) is 17.2. The van der Waals surface area contributed by atoms with Gasteiger partial charge < -0.3 is 15.2 Å². The molecule has 2 aromatic rings. The van der Waals surface area contributed by atoms with E-state index < -0.39 is 11.6 Å². The fourth-order valence-electron chi connectivity index (χ4n) is 3.07. The Balaban J connectivity index is 1.90. The molecule has 6 heteroatoms. The number of hydrogen-bond donors (Lipinski definition) is 2. The van der Waals surface area contributed by atoms with Gasteiger partial charge in [0.05, 0.1) is 26.4 Å². The molecule has 0 bridgehead atoms. The quantitative estimate of drug-likeness (QED) is 0.624. The minimum absolute atomic E-state index is 0.0894. The van der Waals surface area contributed by atoms with Crippen LogP contribution in [0.3, 0.4) is 0 Å². The molecule has 126 valence electrons. The lowest BCUT2D eigenvalue weighted by Gasteiger charge is -2.24. The predicted octanol–water partition coefficient (Wildman–Crippen LogP) is 1.62. The van der Waals surface area contributed by atoms with E-state index in [1.807, 2.05) is 42.5 Å². The standard InChI is InChI=1S/C18H20N2O4/c1-18(15-8-4-6-13-5-2-3-7-14(13)15)16(22)20(17(23)19-18)9-11-24-12-10-21/h2-8,21H,9-12H2,1H3,(H,19,23). The number of nitrogens with one attached hydrogen (secondary N) is 1. The first kappa shape index (κ1) is 16.4. The summed E-state index contributed by atoms with van der Waals surface area (Å²) in [5.74, 6) is -0.295. The monoisotopic (exact) mass is 328 g/mol. The Labute approximate surface area is 140 Å². The Morgan fingerprint density at radius 1 is 1.12 bits per heavy atom. The van der Waals surface area contributed by atoms with Crippen LogP contribution in [-0.4, -0.2) is 48.3 Å². The summed E-state index contributed by atoms with van der Waals surface area (Å²) in [6.07, 6.45) is 0. The van der Waals surface area contributed by atoms with E-state index in [2.05, 4.69) is 5.32 Å².